The van der Waals surface area contributed by atoms with Gasteiger partial charge in [0.15, 0.2) is 0 Å². The van der Waals surface area contributed by atoms with Gasteiger partial charge in [0.05, 0.1) is 21.8 Å². The van der Waals surface area contributed by atoms with E-state index >= 15 is 0 Å². The molecule has 0 spiro atoms. The first-order valence-corrected chi connectivity index (χ1v) is 9.28. The molecule has 1 N–H and O–H groups in total. The lowest BCUT2D eigenvalue weighted by Gasteiger charge is -2.07. The van der Waals surface area contributed by atoms with Gasteiger partial charge in [0.25, 0.3) is 5.91 Å². The number of nitrogens with one attached hydrogen (secondary N) is 1. The summed E-state index contributed by atoms with van der Waals surface area (Å²) < 4.78 is 3.02. The van der Waals surface area contributed by atoms with Crippen LogP contribution >= 0.6 is 11.3 Å². The number of nitrogens with zero attached hydrogens (tertiary/aromatic N) is 3. The van der Waals surface area contributed by atoms with Gasteiger partial charge in [0, 0.05) is 30.9 Å². The van der Waals surface area contributed by atoms with Gasteiger partial charge in [-0.1, -0.05) is 24.3 Å². The van der Waals surface area contributed by atoms with Crippen LogP contribution in [0, 0.1) is 0 Å². The minimum Gasteiger partial charge on any atom is -0.352 e. The van der Waals surface area contributed by atoms with Gasteiger partial charge in [-0.3, -0.25) is 9.48 Å². The molecule has 2 aromatic heterocycles. The third kappa shape index (κ3) is 3.81. The van der Waals surface area contributed by atoms with E-state index in [1.807, 2.05) is 59.4 Å². The molecule has 0 aliphatic rings. The molecule has 2 aromatic carbocycles. The zero-order valence-corrected chi connectivity index (χ0v) is 14.9. The van der Waals surface area contributed by atoms with E-state index in [0.717, 1.165) is 22.5 Å². The number of hydrogen-bond donors (Lipinski definition) is 1. The van der Waals surface area contributed by atoms with Crippen molar-refractivity contribution in [2.75, 3.05) is 6.54 Å². The highest BCUT2D eigenvalue weighted by Crippen LogP contribution is 2.21. The van der Waals surface area contributed by atoms with Crippen LogP contribution in [0.4, 0.5) is 0 Å². The maximum absolute atomic E-state index is 12.4. The Morgan fingerprint density at radius 2 is 2.04 bits per heavy atom. The van der Waals surface area contributed by atoms with Gasteiger partial charge >= 0.3 is 0 Å². The summed E-state index contributed by atoms with van der Waals surface area (Å²) in [6.07, 6.45) is 4.39. The van der Waals surface area contributed by atoms with Crippen LogP contribution in [0.5, 0.6) is 0 Å². The fourth-order valence-electron chi connectivity index (χ4n) is 2.80. The quantitative estimate of drug-likeness (QED) is 0.571. The van der Waals surface area contributed by atoms with Crippen molar-refractivity contribution in [1.82, 2.24) is 20.1 Å². The van der Waals surface area contributed by atoms with Crippen LogP contribution in [0.2, 0.25) is 0 Å². The maximum atomic E-state index is 12.4. The second kappa shape index (κ2) is 7.49. The molecule has 0 aliphatic heterocycles. The fraction of sp³-hybridized carbons (Fsp3) is 0.150. The van der Waals surface area contributed by atoms with Crippen LogP contribution in [-0.2, 0) is 13.0 Å². The first-order valence-electron chi connectivity index (χ1n) is 8.47. The number of rotatable bonds is 6. The van der Waals surface area contributed by atoms with Crippen LogP contribution in [0.15, 0.2) is 67.0 Å². The highest BCUT2D eigenvalue weighted by Gasteiger charge is 2.08. The standard InChI is InChI=1S/C20H18N4OS/c25-20(16-6-3-5-15(13-16)14-24-12-4-10-22-24)21-11-9-19-23-17-7-1-2-8-18(17)26-19/h1-8,10,12-13H,9,11,14H2,(H,21,25). The molecule has 4 aromatic rings. The largest absolute Gasteiger partial charge is 0.352 e. The molecule has 4 rings (SSSR count). The fourth-order valence-corrected chi connectivity index (χ4v) is 3.77. The first-order chi connectivity index (χ1) is 12.8. The molecule has 0 atom stereocenters. The number of aromatic nitrogens is 3. The smallest absolute Gasteiger partial charge is 0.251 e. The van der Waals surface area contributed by atoms with Crippen LogP contribution in [-0.4, -0.2) is 27.2 Å². The van der Waals surface area contributed by atoms with Gasteiger partial charge in [-0.25, -0.2) is 4.98 Å². The lowest BCUT2D eigenvalue weighted by Crippen LogP contribution is -2.25. The van der Waals surface area contributed by atoms with Crippen molar-refractivity contribution in [3.05, 3.63) is 83.1 Å². The van der Waals surface area contributed by atoms with E-state index in [-0.39, 0.29) is 5.91 Å². The molecule has 0 aliphatic carbocycles. The SMILES string of the molecule is O=C(NCCc1nc2ccccc2s1)c1cccc(Cn2cccn2)c1. The Balaban J connectivity index is 1.35. The highest BCUT2D eigenvalue weighted by molar-refractivity contribution is 7.18. The van der Waals surface area contributed by atoms with Crippen LogP contribution < -0.4 is 5.32 Å². The highest BCUT2D eigenvalue weighted by atomic mass is 32.1. The molecule has 0 unspecified atom stereocenters. The zero-order valence-electron chi connectivity index (χ0n) is 14.1. The number of fused-ring (bicyclic) bond motifs is 1. The first kappa shape index (κ1) is 16.5. The lowest BCUT2D eigenvalue weighted by atomic mass is 10.1. The molecular formula is C20H18N4OS. The van der Waals surface area contributed by atoms with Gasteiger partial charge in [-0.05, 0) is 35.9 Å². The second-order valence-corrected chi connectivity index (χ2v) is 7.10. The minimum atomic E-state index is -0.0616. The third-order valence-electron chi connectivity index (χ3n) is 4.06. The molecule has 0 fully saturated rings. The molecule has 0 saturated heterocycles. The van der Waals surface area contributed by atoms with Gasteiger partial charge in [0.1, 0.15) is 0 Å². The maximum Gasteiger partial charge on any atom is 0.251 e. The molecule has 130 valence electrons. The lowest BCUT2D eigenvalue weighted by molar-refractivity contribution is 0.0954. The summed E-state index contributed by atoms with van der Waals surface area (Å²) >= 11 is 1.68. The molecule has 5 nitrogen and oxygen atoms in total. The van der Waals surface area contributed by atoms with Crippen molar-refractivity contribution in [2.24, 2.45) is 0 Å². The zero-order chi connectivity index (χ0) is 17.8. The average molecular weight is 362 g/mol. The Labute approximate surface area is 155 Å². The van der Waals surface area contributed by atoms with Crippen molar-refractivity contribution in [1.29, 1.82) is 0 Å². The number of hydrogen-bond acceptors (Lipinski definition) is 4. The summed E-state index contributed by atoms with van der Waals surface area (Å²) in [5.74, 6) is -0.0616. The summed E-state index contributed by atoms with van der Waals surface area (Å²) in [6, 6.07) is 17.6. The molecule has 26 heavy (non-hydrogen) atoms. The Hall–Kier alpha value is -2.99. The minimum absolute atomic E-state index is 0.0616. The van der Waals surface area contributed by atoms with Crippen molar-refractivity contribution >= 4 is 27.5 Å². The second-order valence-electron chi connectivity index (χ2n) is 5.99. The van der Waals surface area contributed by atoms with Crippen molar-refractivity contribution < 1.29 is 4.79 Å². The number of thiazole rings is 1. The van der Waals surface area contributed by atoms with Crippen LogP contribution in [0.3, 0.4) is 0 Å². The van der Waals surface area contributed by atoms with E-state index in [2.05, 4.69) is 21.5 Å². The summed E-state index contributed by atoms with van der Waals surface area (Å²) in [4.78, 5) is 17.0. The molecular weight excluding hydrogens is 344 g/mol. The van der Waals surface area contributed by atoms with Crippen LogP contribution in [0.1, 0.15) is 20.9 Å². The topological polar surface area (TPSA) is 59.8 Å². The summed E-state index contributed by atoms with van der Waals surface area (Å²) in [5.41, 5.74) is 2.73. The predicted octanol–water partition coefficient (Wildman–Crippen LogP) is 3.51. The molecule has 0 bridgehead atoms. The summed E-state index contributed by atoms with van der Waals surface area (Å²) in [7, 11) is 0. The Bertz CT molecular complexity index is 990. The van der Waals surface area contributed by atoms with Crippen molar-refractivity contribution in [3.8, 4) is 0 Å². The molecule has 0 saturated carbocycles. The third-order valence-corrected chi connectivity index (χ3v) is 5.15. The normalized spacial score (nSPS) is 10.9. The van der Waals surface area contributed by atoms with E-state index in [9.17, 15) is 4.79 Å². The number of carbonyl (C=O) groups excluding carboxylic acids is 1. The predicted molar refractivity (Wildman–Crippen MR) is 103 cm³/mol. The van der Waals surface area contributed by atoms with Gasteiger partial charge in [-0.2, -0.15) is 5.10 Å². The summed E-state index contributed by atoms with van der Waals surface area (Å²) in [5, 5.41) is 8.22. The molecule has 0 radical (unpaired) electrons. The average Bonchev–Trinajstić information content (AvgIpc) is 3.31. The van der Waals surface area contributed by atoms with Crippen molar-refractivity contribution in [3.63, 3.8) is 0 Å². The van der Waals surface area contributed by atoms with Gasteiger partial charge in [0.2, 0.25) is 0 Å². The van der Waals surface area contributed by atoms with E-state index in [0.29, 0.717) is 18.7 Å². The number of benzene rings is 2. The molecule has 6 heteroatoms. The monoisotopic (exact) mass is 362 g/mol. The van der Waals surface area contributed by atoms with E-state index in [1.165, 1.54) is 4.70 Å². The van der Waals surface area contributed by atoms with E-state index in [1.54, 1.807) is 17.5 Å². The van der Waals surface area contributed by atoms with Gasteiger partial charge in [-0.15, -0.1) is 11.3 Å². The Morgan fingerprint density at radius 1 is 1.12 bits per heavy atom. The molecule has 2 heterocycles. The van der Waals surface area contributed by atoms with E-state index in [4.69, 9.17) is 0 Å². The number of carbonyl (C=O) groups is 1. The Kier molecular flexibility index (Phi) is 4.75. The number of para-hydroxylation sites is 1. The van der Waals surface area contributed by atoms with Crippen molar-refractivity contribution in [2.45, 2.75) is 13.0 Å². The van der Waals surface area contributed by atoms with E-state index < -0.39 is 0 Å². The molecule has 1 amide bonds. The van der Waals surface area contributed by atoms with Crippen LogP contribution in [0.25, 0.3) is 10.2 Å². The number of amides is 1. The summed E-state index contributed by atoms with van der Waals surface area (Å²) in [6.45, 7) is 1.22. The Morgan fingerprint density at radius 3 is 2.88 bits per heavy atom. The van der Waals surface area contributed by atoms with Gasteiger partial charge < -0.3 is 5.32 Å².